The number of carboxylic acid groups (broad SMARTS) is 1. The number of carboxylic acids is 1. The van der Waals surface area contributed by atoms with Gasteiger partial charge in [0.2, 0.25) is 0 Å². The molecule has 0 saturated heterocycles. The minimum absolute atomic E-state index is 0.0733. The lowest BCUT2D eigenvalue weighted by molar-refractivity contribution is -0.143. The fourth-order valence-corrected chi connectivity index (χ4v) is 1.82. The summed E-state index contributed by atoms with van der Waals surface area (Å²) in [5.74, 6) is -2.00. The van der Waals surface area contributed by atoms with E-state index in [4.69, 9.17) is 4.74 Å². The molecule has 6 heteroatoms. The molecule has 0 spiro atoms. The number of likely N-dealkylation sites (N-methyl/N-ethyl adjacent to an activating group) is 1. The highest BCUT2D eigenvalue weighted by Crippen LogP contribution is 2.25. The van der Waals surface area contributed by atoms with Gasteiger partial charge in [0.25, 0.3) is 0 Å². The van der Waals surface area contributed by atoms with Crippen LogP contribution < -0.4 is 0 Å². The van der Waals surface area contributed by atoms with Gasteiger partial charge in [0.15, 0.2) is 6.04 Å². The van der Waals surface area contributed by atoms with Crippen LogP contribution in [0.5, 0.6) is 0 Å². The number of carbonyl (C=O) groups is 2. The van der Waals surface area contributed by atoms with Crippen molar-refractivity contribution >= 4 is 12.1 Å². The normalized spacial score (nSPS) is 12.7. The van der Waals surface area contributed by atoms with Gasteiger partial charge in [0.05, 0.1) is 0 Å². The van der Waals surface area contributed by atoms with Gasteiger partial charge in [-0.15, -0.1) is 0 Å². The summed E-state index contributed by atoms with van der Waals surface area (Å²) in [7, 11) is 1.27. The maximum absolute atomic E-state index is 13.9. The van der Waals surface area contributed by atoms with Gasteiger partial charge in [-0.3, -0.25) is 4.90 Å². The Morgan fingerprint density at radius 2 is 1.90 bits per heavy atom. The summed E-state index contributed by atoms with van der Waals surface area (Å²) in [6.45, 7) is 6.72. The number of hydrogen-bond acceptors (Lipinski definition) is 3. The van der Waals surface area contributed by atoms with Crippen LogP contribution >= 0.6 is 0 Å². The van der Waals surface area contributed by atoms with E-state index in [0.29, 0.717) is 5.56 Å². The summed E-state index contributed by atoms with van der Waals surface area (Å²) >= 11 is 0. The number of aliphatic carboxylic acids is 1. The Morgan fingerprint density at radius 3 is 2.38 bits per heavy atom. The Morgan fingerprint density at radius 1 is 1.33 bits per heavy atom. The molecule has 0 aliphatic heterocycles. The lowest BCUT2D eigenvalue weighted by Gasteiger charge is -2.29. The highest BCUT2D eigenvalue weighted by molar-refractivity contribution is 5.81. The Kier molecular flexibility index (Phi) is 4.93. The van der Waals surface area contributed by atoms with E-state index in [-0.39, 0.29) is 5.56 Å². The molecule has 1 aromatic carbocycles. The van der Waals surface area contributed by atoms with E-state index >= 15 is 0 Å². The van der Waals surface area contributed by atoms with Gasteiger partial charge >= 0.3 is 12.1 Å². The standard InChI is InChI=1S/C15H20FNO4/c1-9-6-7-11(16)10(8-9)12(13(18)19)17(5)14(20)21-15(2,3)4/h6-8,12H,1-5H3,(H,18,19). The Hall–Kier alpha value is -2.11. The monoisotopic (exact) mass is 297 g/mol. The molecule has 1 rings (SSSR count). The second-order valence-corrected chi connectivity index (χ2v) is 5.86. The van der Waals surface area contributed by atoms with Crippen LogP contribution in [-0.4, -0.2) is 34.7 Å². The third-order valence-electron chi connectivity index (χ3n) is 2.75. The van der Waals surface area contributed by atoms with Crippen LogP contribution in [0, 0.1) is 12.7 Å². The van der Waals surface area contributed by atoms with Gasteiger partial charge < -0.3 is 9.84 Å². The number of benzene rings is 1. The molecule has 1 aromatic rings. The summed E-state index contributed by atoms with van der Waals surface area (Å²) in [5.41, 5.74) is -0.134. The largest absolute Gasteiger partial charge is 0.479 e. The summed E-state index contributed by atoms with van der Waals surface area (Å²) in [6.07, 6.45) is -0.823. The first-order valence-corrected chi connectivity index (χ1v) is 6.47. The molecule has 116 valence electrons. The highest BCUT2D eigenvalue weighted by atomic mass is 19.1. The van der Waals surface area contributed by atoms with Crippen molar-refractivity contribution in [2.24, 2.45) is 0 Å². The zero-order valence-electron chi connectivity index (χ0n) is 12.8. The molecule has 21 heavy (non-hydrogen) atoms. The molecule has 1 unspecified atom stereocenters. The number of hydrogen-bond donors (Lipinski definition) is 1. The second kappa shape index (κ2) is 6.11. The molecule has 0 heterocycles. The predicted octanol–water partition coefficient (Wildman–Crippen LogP) is 3.13. The summed E-state index contributed by atoms with van der Waals surface area (Å²) < 4.78 is 19.0. The number of ether oxygens (including phenoxy) is 1. The number of amides is 1. The topological polar surface area (TPSA) is 66.8 Å². The fraction of sp³-hybridized carbons (Fsp3) is 0.467. The van der Waals surface area contributed by atoms with E-state index in [1.807, 2.05) is 0 Å². The molecular formula is C15H20FNO4. The van der Waals surface area contributed by atoms with Crippen LogP contribution in [0.1, 0.15) is 37.9 Å². The lowest BCUT2D eigenvalue weighted by atomic mass is 10.0. The number of carbonyl (C=O) groups excluding carboxylic acids is 1. The summed E-state index contributed by atoms with van der Waals surface area (Å²) in [6, 6.07) is 2.68. The SMILES string of the molecule is Cc1ccc(F)c(C(C(=O)O)N(C)C(=O)OC(C)(C)C)c1. The van der Waals surface area contributed by atoms with Crippen molar-refractivity contribution in [3.63, 3.8) is 0 Å². The third-order valence-corrected chi connectivity index (χ3v) is 2.75. The molecule has 1 N–H and O–H groups in total. The molecule has 1 amide bonds. The molecular weight excluding hydrogens is 277 g/mol. The van der Waals surface area contributed by atoms with E-state index in [2.05, 4.69) is 0 Å². The first kappa shape index (κ1) is 16.9. The number of rotatable bonds is 3. The van der Waals surface area contributed by atoms with Gasteiger partial charge in [0.1, 0.15) is 11.4 Å². The van der Waals surface area contributed by atoms with Crippen LogP contribution in [-0.2, 0) is 9.53 Å². The van der Waals surface area contributed by atoms with Gasteiger partial charge in [-0.05, 0) is 33.8 Å². The van der Waals surface area contributed by atoms with E-state index in [1.54, 1.807) is 27.7 Å². The molecule has 0 aromatic heterocycles. The third kappa shape index (κ3) is 4.44. The molecule has 0 bridgehead atoms. The van der Waals surface area contributed by atoms with Crippen molar-refractivity contribution in [2.45, 2.75) is 39.3 Å². The summed E-state index contributed by atoms with van der Waals surface area (Å²) in [4.78, 5) is 24.3. The minimum Gasteiger partial charge on any atom is -0.479 e. The second-order valence-electron chi connectivity index (χ2n) is 5.86. The number of halogens is 1. The first-order chi connectivity index (χ1) is 9.53. The van der Waals surface area contributed by atoms with Crippen LogP contribution in [0.3, 0.4) is 0 Å². The Bertz CT molecular complexity index is 551. The quantitative estimate of drug-likeness (QED) is 0.930. The molecule has 0 aliphatic rings. The van der Waals surface area contributed by atoms with Gasteiger partial charge in [-0.25, -0.2) is 14.0 Å². The molecule has 0 radical (unpaired) electrons. The van der Waals surface area contributed by atoms with Gasteiger partial charge in [0, 0.05) is 12.6 Å². The van der Waals surface area contributed by atoms with Crippen molar-refractivity contribution in [1.29, 1.82) is 0 Å². The van der Waals surface area contributed by atoms with Crippen molar-refractivity contribution in [3.05, 3.63) is 35.1 Å². The first-order valence-electron chi connectivity index (χ1n) is 6.47. The van der Waals surface area contributed by atoms with Gasteiger partial charge in [-0.2, -0.15) is 0 Å². The van der Waals surface area contributed by atoms with Crippen molar-refractivity contribution in [1.82, 2.24) is 4.90 Å². The average Bonchev–Trinajstić information content (AvgIpc) is 2.31. The number of nitrogens with zero attached hydrogens (tertiary/aromatic N) is 1. The zero-order chi connectivity index (χ0) is 16.4. The highest BCUT2D eigenvalue weighted by Gasteiger charge is 2.33. The molecule has 5 nitrogen and oxygen atoms in total. The van der Waals surface area contributed by atoms with E-state index < -0.39 is 29.5 Å². The fourth-order valence-electron chi connectivity index (χ4n) is 1.82. The Balaban J connectivity index is 3.15. The minimum atomic E-state index is -1.44. The average molecular weight is 297 g/mol. The van der Waals surface area contributed by atoms with Gasteiger partial charge in [-0.1, -0.05) is 17.7 Å². The van der Waals surface area contributed by atoms with Crippen molar-refractivity contribution < 1.29 is 23.8 Å². The smallest absolute Gasteiger partial charge is 0.411 e. The van der Waals surface area contributed by atoms with Crippen molar-refractivity contribution in [3.8, 4) is 0 Å². The van der Waals surface area contributed by atoms with Crippen LogP contribution in [0.15, 0.2) is 18.2 Å². The van der Waals surface area contributed by atoms with E-state index in [0.717, 1.165) is 4.90 Å². The van der Waals surface area contributed by atoms with Crippen LogP contribution in [0.4, 0.5) is 9.18 Å². The van der Waals surface area contributed by atoms with Crippen LogP contribution in [0.2, 0.25) is 0 Å². The van der Waals surface area contributed by atoms with Crippen molar-refractivity contribution in [2.75, 3.05) is 7.05 Å². The maximum atomic E-state index is 13.9. The lowest BCUT2D eigenvalue weighted by Crippen LogP contribution is -2.40. The summed E-state index contributed by atoms with van der Waals surface area (Å²) in [5, 5.41) is 9.34. The predicted molar refractivity (Wildman–Crippen MR) is 75.5 cm³/mol. The molecule has 0 saturated carbocycles. The van der Waals surface area contributed by atoms with E-state index in [9.17, 15) is 19.1 Å². The maximum Gasteiger partial charge on any atom is 0.411 e. The molecule has 0 aliphatic carbocycles. The number of aryl methyl sites for hydroxylation is 1. The van der Waals surface area contributed by atoms with E-state index in [1.165, 1.54) is 25.2 Å². The zero-order valence-corrected chi connectivity index (χ0v) is 12.8. The Labute approximate surface area is 123 Å². The van der Waals surface area contributed by atoms with Crippen LogP contribution in [0.25, 0.3) is 0 Å². The molecule has 0 fully saturated rings. The molecule has 1 atom stereocenters.